The number of carbonyl (C=O) groups excluding carboxylic acids is 1. The van der Waals surface area contributed by atoms with Crippen LogP contribution in [0.25, 0.3) is 11.0 Å². The lowest BCUT2D eigenvalue weighted by molar-refractivity contribution is 0.0938. The molecule has 0 saturated heterocycles. The summed E-state index contributed by atoms with van der Waals surface area (Å²) in [6, 6.07) is 8.61. The van der Waals surface area contributed by atoms with Gasteiger partial charge in [0.1, 0.15) is 5.58 Å². The Labute approximate surface area is 181 Å². The van der Waals surface area contributed by atoms with E-state index in [0.717, 1.165) is 36.0 Å². The van der Waals surface area contributed by atoms with Crippen molar-refractivity contribution in [2.45, 2.75) is 46.1 Å². The zero-order valence-corrected chi connectivity index (χ0v) is 18.3. The van der Waals surface area contributed by atoms with Crippen molar-refractivity contribution >= 4 is 16.9 Å². The van der Waals surface area contributed by atoms with Crippen LogP contribution in [0.2, 0.25) is 0 Å². The van der Waals surface area contributed by atoms with Gasteiger partial charge in [-0.2, -0.15) is 0 Å². The van der Waals surface area contributed by atoms with Crippen LogP contribution < -0.4 is 20.2 Å². The average Bonchev–Trinajstić information content (AvgIpc) is 3.07. The first kappa shape index (κ1) is 21.0. The number of unbranched alkanes of at least 4 members (excludes halogenated alkanes) is 2. The number of rotatable bonds is 7. The van der Waals surface area contributed by atoms with Gasteiger partial charge in [-0.25, -0.2) is 0 Å². The number of ether oxygens (including phenoxy) is 2. The number of fused-ring (bicyclic) bond motifs is 2. The Morgan fingerprint density at radius 2 is 1.87 bits per heavy atom. The fraction of sp³-hybridized carbons (Fsp3) is 0.360. The molecule has 1 aromatic heterocycles. The van der Waals surface area contributed by atoms with E-state index in [1.54, 1.807) is 19.2 Å². The molecule has 6 heteroatoms. The largest absolute Gasteiger partial charge is 0.493 e. The van der Waals surface area contributed by atoms with Crippen molar-refractivity contribution in [2.24, 2.45) is 0 Å². The van der Waals surface area contributed by atoms with E-state index in [4.69, 9.17) is 13.9 Å². The van der Waals surface area contributed by atoms with Gasteiger partial charge in [-0.1, -0.05) is 31.9 Å². The SMILES string of the molecule is CCCCCOc1ccc(C2NC(=O)c3oc4cc(C)cc(C)c4c(=O)c32)cc1OC. The summed E-state index contributed by atoms with van der Waals surface area (Å²) in [5, 5.41) is 3.40. The Morgan fingerprint density at radius 1 is 1.06 bits per heavy atom. The molecule has 0 aliphatic carbocycles. The number of methoxy groups -OCH3 is 1. The topological polar surface area (TPSA) is 77.8 Å². The van der Waals surface area contributed by atoms with E-state index in [0.29, 0.717) is 34.6 Å². The molecule has 1 N–H and O–H groups in total. The molecule has 2 aromatic carbocycles. The van der Waals surface area contributed by atoms with Crippen LogP contribution in [-0.2, 0) is 0 Å². The molecule has 1 aliphatic rings. The number of hydrogen-bond donors (Lipinski definition) is 1. The van der Waals surface area contributed by atoms with Crippen LogP contribution >= 0.6 is 0 Å². The highest BCUT2D eigenvalue weighted by atomic mass is 16.5. The lowest BCUT2D eigenvalue weighted by atomic mass is 9.97. The first-order chi connectivity index (χ1) is 14.9. The summed E-state index contributed by atoms with van der Waals surface area (Å²) in [5.74, 6) is 0.890. The predicted molar refractivity (Wildman–Crippen MR) is 119 cm³/mol. The molecule has 162 valence electrons. The third-order valence-corrected chi connectivity index (χ3v) is 5.67. The summed E-state index contributed by atoms with van der Waals surface area (Å²) < 4.78 is 17.3. The van der Waals surface area contributed by atoms with Crippen LogP contribution in [0.4, 0.5) is 0 Å². The van der Waals surface area contributed by atoms with E-state index in [1.165, 1.54) is 0 Å². The van der Waals surface area contributed by atoms with Crippen molar-refractivity contribution in [3.63, 3.8) is 0 Å². The van der Waals surface area contributed by atoms with Gasteiger partial charge in [0.25, 0.3) is 5.91 Å². The van der Waals surface area contributed by atoms with Gasteiger partial charge >= 0.3 is 0 Å². The molecule has 0 spiro atoms. The third-order valence-electron chi connectivity index (χ3n) is 5.67. The van der Waals surface area contributed by atoms with E-state index >= 15 is 0 Å². The van der Waals surface area contributed by atoms with Gasteiger partial charge in [0, 0.05) is 0 Å². The van der Waals surface area contributed by atoms with Crippen LogP contribution in [0.15, 0.2) is 39.5 Å². The molecular formula is C25H27NO5. The van der Waals surface area contributed by atoms with E-state index in [2.05, 4.69) is 12.2 Å². The van der Waals surface area contributed by atoms with E-state index in [1.807, 2.05) is 32.0 Å². The fourth-order valence-corrected chi connectivity index (χ4v) is 4.17. The summed E-state index contributed by atoms with van der Waals surface area (Å²) in [5.41, 5.74) is 3.13. The molecule has 6 nitrogen and oxygen atoms in total. The quantitative estimate of drug-likeness (QED) is 0.554. The molecular weight excluding hydrogens is 394 g/mol. The maximum Gasteiger partial charge on any atom is 0.288 e. The predicted octanol–water partition coefficient (Wildman–Crippen LogP) is 4.82. The van der Waals surface area contributed by atoms with Crippen molar-refractivity contribution in [3.05, 3.63) is 68.6 Å². The number of benzene rings is 2. The maximum absolute atomic E-state index is 13.4. The second-order valence-electron chi connectivity index (χ2n) is 8.00. The van der Waals surface area contributed by atoms with Crippen molar-refractivity contribution < 1.29 is 18.7 Å². The van der Waals surface area contributed by atoms with Crippen molar-refractivity contribution in [2.75, 3.05) is 13.7 Å². The number of carbonyl (C=O) groups is 1. The van der Waals surface area contributed by atoms with E-state index < -0.39 is 11.9 Å². The highest BCUT2D eigenvalue weighted by Crippen LogP contribution is 2.36. The van der Waals surface area contributed by atoms with Crippen LogP contribution in [0.1, 0.15) is 65.0 Å². The van der Waals surface area contributed by atoms with Crippen molar-refractivity contribution in [3.8, 4) is 11.5 Å². The first-order valence-corrected chi connectivity index (χ1v) is 10.6. The highest BCUT2D eigenvalue weighted by molar-refractivity contribution is 5.99. The van der Waals surface area contributed by atoms with Gasteiger partial charge in [0.15, 0.2) is 16.9 Å². The maximum atomic E-state index is 13.4. The molecule has 0 saturated carbocycles. The highest BCUT2D eigenvalue weighted by Gasteiger charge is 2.36. The second kappa shape index (κ2) is 8.46. The Morgan fingerprint density at radius 3 is 2.61 bits per heavy atom. The molecule has 1 unspecified atom stereocenters. The number of aryl methyl sites for hydroxylation is 2. The molecule has 0 fully saturated rings. The Balaban J connectivity index is 1.75. The third kappa shape index (κ3) is 3.78. The monoisotopic (exact) mass is 421 g/mol. The van der Waals surface area contributed by atoms with Gasteiger partial charge in [-0.3, -0.25) is 9.59 Å². The summed E-state index contributed by atoms with van der Waals surface area (Å²) in [7, 11) is 1.58. The summed E-state index contributed by atoms with van der Waals surface area (Å²) in [4.78, 5) is 26.0. The average molecular weight is 421 g/mol. The zero-order chi connectivity index (χ0) is 22.1. The molecule has 1 amide bonds. The van der Waals surface area contributed by atoms with Gasteiger partial charge in [0.2, 0.25) is 5.76 Å². The van der Waals surface area contributed by atoms with Crippen molar-refractivity contribution in [1.29, 1.82) is 0 Å². The lowest BCUT2D eigenvalue weighted by Gasteiger charge is -2.16. The second-order valence-corrected chi connectivity index (χ2v) is 8.00. The van der Waals surface area contributed by atoms with Gasteiger partial charge in [-0.15, -0.1) is 0 Å². The first-order valence-electron chi connectivity index (χ1n) is 10.6. The molecule has 0 radical (unpaired) electrons. The zero-order valence-electron chi connectivity index (χ0n) is 18.3. The van der Waals surface area contributed by atoms with Gasteiger partial charge in [-0.05, 0) is 55.2 Å². The van der Waals surface area contributed by atoms with E-state index in [-0.39, 0.29) is 11.2 Å². The van der Waals surface area contributed by atoms with Gasteiger partial charge < -0.3 is 19.2 Å². The molecule has 4 rings (SSSR count). The Kier molecular flexibility index (Phi) is 5.72. The normalized spacial score (nSPS) is 15.1. The Bertz CT molecular complexity index is 1210. The summed E-state index contributed by atoms with van der Waals surface area (Å²) in [6.07, 6.45) is 3.20. The van der Waals surface area contributed by atoms with Crippen molar-refractivity contribution in [1.82, 2.24) is 5.32 Å². The molecule has 3 aromatic rings. The molecule has 31 heavy (non-hydrogen) atoms. The smallest absolute Gasteiger partial charge is 0.288 e. The van der Waals surface area contributed by atoms with Crippen LogP contribution in [0.5, 0.6) is 11.5 Å². The molecule has 2 heterocycles. The number of amides is 1. The molecule has 0 bridgehead atoms. The standard InChI is InChI=1S/C25H27NO5/c1-5-6-7-10-30-17-9-8-16(13-18(17)29-4)22-21-23(27)20-15(3)11-14(2)12-19(20)31-24(21)25(28)26-22/h8-9,11-13,22H,5-7,10H2,1-4H3,(H,26,28). The van der Waals surface area contributed by atoms with E-state index in [9.17, 15) is 9.59 Å². The summed E-state index contributed by atoms with van der Waals surface area (Å²) in [6.45, 7) is 6.57. The minimum Gasteiger partial charge on any atom is -0.493 e. The van der Waals surface area contributed by atoms with Crippen LogP contribution in [0, 0.1) is 13.8 Å². The fourth-order valence-electron chi connectivity index (χ4n) is 4.17. The lowest BCUT2D eigenvalue weighted by Crippen LogP contribution is -2.22. The Hall–Kier alpha value is -3.28. The van der Waals surface area contributed by atoms with Crippen LogP contribution in [0.3, 0.4) is 0 Å². The minimum absolute atomic E-state index is 0.0753. The summed E-state index contributed by atoms with van der Waals surface area (Å²) >= 11 is 0. The van der Waals surface area contributed by atoms with Crippen LogP contribution in [-0.4, -0.2) is 19.6 Å². The number of hydrogen-bond acceptors (Lipinski definition) is 5. The molecule has 1 aliphatic heterocycles. The molecule has 1 atom stereocenters. The van der Waals surface area contributed by atoms with Gasteiger partial charge in [0.05, 0.1) is 30.7 Å². The number of nitrogens with one attached hydrogen (secondary N) is 1. The minimum atomic E-state index is -0.605.